The van der Waals surface area contributed by atoms with Gasteiger partial charge in [0.05, 0.1) is 18.6 Å². The Kier molecular flexibility index (Phi) is 4.45. The van der Waals surface area contributed by atoms with E-state index in [9.17, 15) is 9.90 Å². The van der Waals surface area contributed by atoms with Crippen LogP contribution in [0.5, 0.6) is 0 Å². The van der Waals surface area contributed by atoms with E-state index in [-0.39, 0.29) is 12.5 Å². The molecule has 1 aromatic rings. The molecular formula is C10H18N4O2. The molecule has 2 N–H and O–H groups in total. The zero-order chi connectivity index (χ0) is 12.1. The Hall–Kier alpha value is -1.40. The first-order valence-electron chi connectivity index (χ1n) is 5.08. The Labute approximate surface area is 94.9 Å². The van der Waals surface area contributed by atoms with Crippen molar-refractivity contribution in [2.24, 2.45) is 7.05 Å². The van der Waals surface area contributed by atoms with Gasteiger partial charge >= 0.3 is 0 Å². The zero-order valence-corrected chi connectivity index (χ0v) is 9.84. The molecule has 0 aromatic carbocycles. The highest BCUT2D eigenvalue weighted by Gasteiger charge is 2.11. The van der Waals surface area contributed by atoms with E-state index in [0.717, 1.165) is 0 Å². The molecular weight excluding hydrogens is 208 g/mol. The number of nitrogens with zero attached hydrogens (tertiary/aromatic N) is 3. The largest absolute Gasteiger partial charge is 0.390 e. The Bertz CT molecular complexity index is 348. The quantitative estimate of drug-likeness (QED) is 0.680. The van der Waals surface area contributed by atoms with Gasteiger partial charge in [-0.05, 0) is 14.1 Å². The van der Waals surface area contributed by atoms with E-state index in [2.05, 4.69) is 10.3 Å². The minimum atomic E-state index is -0.563. The molecule has 1 rings (SSSR count). The van der Waals surface area contributed by atoms with E-state index in [0.29, 0.717) is 12.2 Å². The van der Waals surface area contributed by atoms with Gasteiger partial charge in [-0.3, -0.25) is 4.79 Å². The lowest BCUT2D eigenvalue weighted by Crippen LogP contribution is -2.38. The maximum absolute atomic E-state index is 11.6. The molecule has 0 unspecified atom stereocenters. The molecule has 1 aromatic heterocycles. The van der Waals surface area contributed by atoms with Crippen molar-refractivity contribution in [1.82, 2.24) is 19.8 Å². The Morgan fingerprint density at radius 2 is 2.38 bits per heavy atom. The Balaban J connectivity index is 2.39. The number of amides is 1. The molecule has 1 amide bonds. The first kappa shape index (κ1) is 12.7. The smallest absolute Gasteiger partial charge is 0.269 e. The SMILES string of the molecule is CN(C)C[C@@H](O)CNC(=O)c1cncn1C. The molecule has 0 saturated carbocycles. The van der Waals surface area contributed by atoms with E-state index in [1.54, 1.807) is 17.9 Å². The summed E-state index contributed by atoms with van der Waals surface area (Å²) in [7, 11) is 5.48. The van der Waals surface area contributed by atoms with E-state index >= 15 is 0 Å². The summed E-state index contributed by atoms with van der Waals surface area (Å²) in [6.07, 6.45) is 2.49. The second-order valence-corrected chi connectivity index (χ2v) is 4.02. The van der Waals surface area contributed by atoms with Gasteiger partial charge in [-0.2, -0.15) is 0 Å². The lowest BCUT2D eigenvalue weighted by atomic mass is 10.3. The highest BCUT2D eigenvalue weighted by atomic mass is 16.3. The maximum atomic E-state index is 11.6. The summed E-state index contributed by atoms with van der Waals surface area (Å²) in [6.45, 7) is 0.758. The molecule has 0 saturated heterocycles. The number of likely N-dealkylation sites (N-methyl/N-ethyl adjacent to an activating group) is 1. The molecule has 0 aliphatic heterocycles. The zero-order valence-electron chi connectivity index (χ0n) is 9.84. The van der Waals surface area contributed by atoms with Gasteiger partial charge in [-0.15, -0.1) is 0 Å². The van der Waals surface area contributed by atoms with E-state index in [1.807, 2.05) is 19.0 Å². The highest BCUT2D eigenvalue weighted by molar-refractivity contribution is 5.92. The number of nitrogens with one attached hydrogen (secondary N) is 1. The minimum absolute atomic E-state index is 0.224. The lowest BCUT2D eigenvalue weighted by molar-refractivity contribution is 0.0884. The molecule has 0 radical (unpaired) electrons. The van der Waals surface area contributed by atoms with Crippen molar-refractivity contribution >= 4 is 5.91 Å². The highest BCUT2D eigenvalue weighted by Crippen LogP contribution is 1.95. The Morgan fingerprint density at radius 3 is 2.88 bits per heavy atom. The van der Waals surface area contributed by atoms with Crippen molar-refractivity contribution in [1.29, 1.82) is 0 Å². The van der Waals surface area contributed by atoms with Gasteiger partial charge in [0.15, 0.2) is 0 Å². The van der Waals surface area contributed by atoms with Crippen LogP contribution in [0.2, 0.25) is 0 Å². The number of aromatic nitrogens is 2. The fourth-order valence-corrected chi connectivity index (χ4v) is 1.36. The van der Waals surface area contributed by atoms with E-state index < -0.39 is 6.10 Å². The maximum Gasteiger partial charge on any atom is 0.269 e. The number of imidazole rings is 1. The molecule has 1 heterocycles. The van der Waals surface area contributed by atoms with Crippen LogP contribution in [0.15, 0.2) is 12.5 Å². The van der Waals surface area contributed by atoms with Crippen molar-refractivity contribution in [3.05, 3.63) is 18.2 Å². The Morgan fingerprint density at radius 1 is 1.69 bits per heavy atom. The first-order chi connectivity index (χ1) is 7.50. The molecule has 0 spiro atoms. The number of carbonyl (C=O) groups is 1. The molecule has 0 bridgehead atoms. The monoisotopic (exact) mass is 226 g/mol. The normalized spacial score (nSPS) is 12.8. The number of aliphatic hydroxyl groups is 1. The predicted octanol–water partition coefficient (Wildman–Crippen LogP) is -0.928. The van der Waals surface area contributed by atoms with Gasteiger partial charge in [0.2, 0.25) is 0 Å². The van der Waals surface area contributed by atoms with E-state index in [4.69, 9.17) is 0 Å². The number of hydrogen-bond acceptors (Lipinski definition) is 4. The van der Waals surface area contributed by atoms with Crippen molar-refractivity contribution in [2.75, 3.05) is 27.2 Å². The van der Waals surface area contributed by atoms with Gasteiger partial charge in [0.25, 0.3) is 5.91 Å². The summed E-state index contributed by atoms with van der Waals surface area (Å²) in [6, 6.07) is 0. The van der Waals surface area contributed by atoms with Crippen LogP contribution in [-0.4, -0.2) is 58.8 Å². The van der Waals surface area contributed by atoms with Crippen LogP contribution < -0.4 is 5.32 Å². The fourth-order valence-electron chi connectivity index (χ4n) is 1.36. The summed E-state index contributed by atoms with van der Waals surface area (Å²) in [5.74, 6) is -0.224. The molecule has 0 aliphatic rings. The van der Waals surface area contributed by atoms with Gasteiger partial charge < -0.3 is 19.9 Å². The molecule has 0 aliphatic carbocycles. The second-order valence-electron chi connectivity index (χ2n) is 4.02. The molecule has 16 heavy (non-hydrogen) atoms. The van der Waals surface area contributed by atoms with Crippen LogP contribution in [0.4, 0.5) is 0 Å². The molecule has 1 atom stereocenters. The average Bonchev–Trinajstić information content (AvgIpc) is 2.60. The van der Waals surface area contributed by atoms with Crippen LogP contribution in [0.1, 0.15) is 10.5 Å². The summed E-state index contributed by atoms with van der Waals surface area (Å²) < 4.78 is 1.63. The molecule has 90 valence electrons. The second kappa shape index (κ2) is 5.62. The van der Waals surface area contributed by atoms with Crippen LogP contribution in [-0.2, 0) is 7.05 Å². The van der Waals surface area contributed by atoms with Crippen LogP contribution >= 0.6 is 0 Å². The van der Waals surface area contributed by atoms with Gasteiger partial charge in [-0.25, -0.2) is 4.98 Å². The van der Waals surface area contributed by atoms with Crippen molar-refractivity contribution in [2.45, 2.75) is 6.10 Å². The van der Waals surface area contributed by atoms with Crippen LogP contribution in [0.25, 0.3) is 0 Å². The summed E-state index contributed by atoms with van der Waals surface area (Å²) in [5.41, 5.74) is 0.483. The van der Waals surface area contributed by atoms with Crippen molar-refractivity contribution in [3.8, 4) is 0 Å². The summed E-state index contributed by atoms with van der Waals surface area (Å²) in [5, 5.41) is 12.2. The third-order valence-corrected chi connectivity index (χ3v) is 2.12. The predicted molar refractivity (Wildman–Crippen MR) is 60.1 cm³/mol. The third kappa shape index (κ3) is 3.63. The van der Waals surface area contributed by atoms with Gasteiger partial charge in [-0.1, -0.05) is 0 Å². The molecule has 0 fully saturated rings. The van der Waals surface area contributed by atoms with E-state index in [1.165, 1.54) is 6.20 Å². The number of rotatable bonds is 5. The number of aryl methyl sites for hydroxylation is 1. The third-order valence-electron chi connectivity index (χ3n) is 2.12. The first-order valence-corrected chi connectivity index (χ1v) is 5.08. The fraction of sp³-hybridized carbons (Fsp3) is 0.600. The van der Waals surface area contributed by atoms with Crippen molar-refractivity contribution < 1.29 is 9.90 Å². The van der Waals surface area contributed by atoms with Crippen LogP contribution in [0, 0.1) is 0 Å². The number of carbonyl (C=O) groups excluding carboxylic acids is 1. The minimum Gasteiger partial charge on any atom is -0.390 e. The molecule has 6 heteroatoms. The number of aliphatic hydroxyl groups excluding tert-OH is 1. The number of hydrogen-bond donors (Lipinski definition) is 2. The topological polar surface area (TPSA) is 70.4 Å². The summed E-state index contributed by atoms with van der Waals surface area (Å²) in [4.78, 5) is 17.3. The average molecular weight is 226 g/mol. The standard InChI is InChI=1S/C10H18N4O2/c1-13(2)6-8(15)4-12-10(16)9-5-11-7-14(9)3/h5,7-8,15H,4,6H2,1-3H3,(H,12,16)/t8-/m0/s1. The van der Waals surface area contributed by atoms with Crippen LogP contribution in [0.3, 0.4) is 0 Å². The molecule has 6 nitrogen and oxygen atoms in total. The van der Waals surface area contributed by atoms with Gasteiger partial charge in [0, 0.05) is 20.1 Å². The lowest BCUT2D eigenvalue weighted by Gasteiger charge is -2.16. The van der Waals surface area contributed by atoms with Gasteiger partial charge in [0.1, 0.15) is 5.69 Å². The van der Waals surface area contributed by atoms with Crippen molar-refractivity contribution in [3.63, 3.8) is 0 Å². The summed E-state index contributed by atoms with van der Waals surface area (Å²) >= 11 is 0.